The smallest absolute Gasteiger partial charge is 0.271 e. The van der Waals surface area contributed by atoms with E-state index < -0.39 is 19.9 Å². The van der Waals surface area contributed by atoms with E-state index in [-0.39, 0.29) is 26.7 Å². The summed E-state index contributed by atoms with van der Waals surface area (Å²) in [6, 6.07) is 15.2. The molecule has 0 aliphatic rings. The second-order valence-electron chi connectivity index (χ2n) is 6.65. The molecule has 1 atom stereocenters. The van der Waals surface area contributed by atoms with Crippen LogP contribution < -0.4 is 10.0 Å². The molecule has 2 N–H and O–H groups in total. The van der Waals surface area contributed by atoms with Gasteiger partial charge in [0.1, 0.15) is 4.21 Å². The number of thiophene rings is 1. The zero-order chi connectivity index (χ0) is 21.9. The van der Waals surface area contributed by atoms with Crippen molar-refractivity contribution < 1.29 is 21.6 Å². The van der Waals surface area contributed by atoms with Gasteiger partial charge in [-0.15, -0.1) is 11.3 Å². The van der Waals surface area contributed by atoms with Crippen LogP contribution in [0.2, 0.25) is 0 Å². The lowest BCUT2D eigenvalue weighted by atomic mass is 10.1. The third kappa shape index (κ3) is 5.26. The Labute approximate surface area is 179 Å². The molecule has 0 aliphatic carbocycles. The number of sulfone groups is 1. The molecule has 0 bridgehead atoms. The SMILES string of the molecule is CC(NC(=O)c1cccc(NS(=O)(=O)c2cccs2)c1)c1ccc(S(C)(=O)=O)cc1. The van der Waals surface area contributed by atoms with Crippen molar-refractivity contribution in [1.82, 2.24) is 5.32 Å². The maximum absolute atomic E-state index is 12.6. The van der Waals surface area contributed by atoms with Gasteiger partial charge >= 0.3 is 0 Å². The van der Waals surface area contributed by atoms with E-state index in [9.17, 15) is 21.6 Å². The van der Waals surface area contributed by atoms with Gasteiger partial charge in [0.05, 0.1) is 10.9 Å². The van der Waals surface area contributed by atoms with Crippen LogP contribution in [0.15, 0.2) is 75.1 Å². The van der Waals surface area contributed by atoms with E-state index in [0.29, 0.717) is 5.56 Å². The minimum atomic E-state index is -3.71. The van der Waals surface area contributed by atoms with Crippen molar-refractivity contribution in [2.24, 2.45) is 0 Å². The normalized spacial score (nSPS) is 12.9. The summed E-state index contributed by atoms with van der Waals surface area (Å²) >= 11 is 1.10. The summed E-state index contributed by atoms with van der Waals surface area (Å²) in [7, 11) is -7.00. The molecule has 2 aromatic carbocycles. The highest BCUT2D eigenvalue weighted by atomic mass is 32.2. The Morgan fingerprint density at radius 1 is 0.967 bits per heavy atom. The van der Waals surface area contributed by atoms with Crippen molar-refractivity contribution in [3.8, 4) is 0 Å². The van der Waals surface area contributed by atoms with Gasteiger partial charge in [-0.05, 0) is 54.3 Å². The van der Waals surface area contributed by atoms with E-state index in [4.69, 9.17) is 0 Å². The van der Waals surface area contributed by atoms with Gasteiger partial charge in [-0.25, -0.2) is 16.8 Å². The lowest BCUT2D eigenvalue weighted by molar-refractivity contribution is 0.0940. The third-order valence-electron chi connectivity index (χ3n) is 4.29. The first-order valence-electron chi connectivity index (χ1n) is 8.83. The number of hydrogen-bond donors (Lipinski definition) is 2. The van der Waals surface area contributed by atoms with Gasteiger partial charge in [-0.3, -0.25) is 9.52 Å². The quantitative estimate of drug-likeness (QED) is 0.557. The Balaban J connectivity index is 1.72. The molecular formula is C20H20N2O5S3. The first kappa shape index (κ1) is 22.0. The molecule has 1 heterocycles. The van der Waals surface area contributed by atoms with Crippen LogP contribution in [-0.4, -0.2) is 29.0 Å². The van der Waals surface area contributed by atoms with E-state index in [1.807, 2.05) is 0 Å². The summed E-state index contributed by atoms with van der Waals surface area (Å²) in [5.41, 5.74) is 1.31. The van der Waals surface area contributed by atoms with Crippen molar-refractivity contribution in [3.05, 3.63) is 77.2 Å². The van der Waals surface area contributed by atoms with Crippen LogP contribution in [0.25, 0.3) is 0 Å². The number of rotatable bonds is 7. The van der Waals surface area contributed by atoms with Crippen LogP contribution >= 0.6 is 11.3 Å². The van der Waals surface area contributed by atoms with Gasteiger partial charge in [0.25, 0.3) is 15.9 Å². The van der Waals surface area contributed by atoms with Gasteiger partial charge < -0.3 is 5.32 Å². The molecule has 158 valence electrons. The van der Waals surface area contributed by atoms with Gasteiger partial charge in [0, 0.05) is 17.5 Å². The van der Waals surface area contributed by atoms with E-state index in [1.54, 1.807) is 48.7 Å². The number of hydrogen-bond acceptors (Lipinski definition) is 6. The average Bonchev–Trinajstić information content (AvgIpc) is 3.23. The van der Waals surface area contributed by atoms with Crippen LogP contribution in [0.5, 0.6) is 0 Å². The number of benzene rings is 2. The minimum absolute atomic E-state index is 0.184. The molecular weight excluding hydrogens is 444 g/mol. The minimum Gasteiger partial charge on any atom is -0.346 e. The van der Waals surface area contributed by atoms with E-state index >= 15 is 0 Å². The van der Waals surface area contributed by atoms with Crippen molar-refractivity contribution in [2.75, 3.05) is 11.0 Å². The van der Waals surface area contributed by atoms with E-state index in [1.165, 1.54) is 24.3 Å². The summed E-state index contributed by atoms with van der Waals surface area (Å²) in [6.45, 7) is 1.77. The fraction of sp³-hybridized carbons (Fsp3) is 0.150. The number of anilines is 1. The van der Waals surface area contributed by atoms with Crippen LogP contribution in [0, 0.1) is 0 Å². The summed E-state index contributed by atoms with van der Waals surface area (Å²) in [5, 5.41) is 4.49. The van der Waals surface area contributed by atoms with Gasteiger partial charge in [0.2, 0.25) is 0 Å². The van der Waals surface area contributed by atoms with Crippen LogP contribution in [0.1, 0.15) is 28.9 Å². The van der Waals surface area contributed by atoms with Crippen LogP contribution in [-0.2, 0) is 19.9 Å². The second-order valence-corrected chi connectivity index (χ2v) is 11.5. The van der Waals surface area contributed by atoms with Crippen molar-refractivity contribution in [1.29, 1.82) is 0 Å². The summed E-state index contributed by atoms with van der Waals surface area (Å²) in [4.78, 5) is 12.8. The zero-order valence-electron chi connectivity index (χ0n) is 16.2. The first-order chi connectivity index (χ1) is 14.1. The maximum atomic E-state index is 12.6. The van der Waals surface area contributed by atoms with Crippen molar-refractivity contribution in [2.45, 2.75) is 22.1 Å². The number of sulfonamides is 1. The summed E-state index contributed by atoms with van der Waals surface area (Å²) in [6.07, 6.45) is 1.13. The maximum Gasteiger partial charge on any atom is 0.271 e. The lowest BCUT2D eigenvalue weighted by Crippen LogP contribution is -2.26. The Bertz CT molecular complexity index is 1250. The van der Waals surface area contributed by atoms with Gasteiger partial charge in [-0.1, -0.05) is 24.3 Å². The fourth-order valence-corrected chi connectivity index (χ4v) is 5.39. The molecule has 0 radical (unpaired) electrons. The largest absolute Gasteiger partial charge is 0.346 e. The number of nitrogens with one attached hydrogen (secondary N) is 2. The molecule has 3 aromatic rings. The number of carbonyl (C=O) groups excluding carboxylic acids is 1. The first-order valence-corrected chi connectivity index (χ1v) is 13.1. The third-order valence-corrected chi connectivity index (χ3v) is 8.20. The van der Waals surface area contributed by atoms with Crippen LogP contribution in [0.4, 0.5) is 5.69 Å². The average molecular weight is 465 g/mol. The molecule has 0 saturated carbocycles. The molecule has 0 spiro atoms. The topological polar surface area (TPSA) is 109 Å². The van der Waals surface area contributed by atoms with Crippen molar-refractivity contribution >= 4 is 42.8 Å². The fourth-order valence-electron chi connectivity index (χ4n) is 2.71. The zero-order valence-corrected chi connectivity index (χ0v) is 18.6. The van der Waals surface area contributed by atoms with Gasteiger partial charge in [0.15, 0.2) is 9.84 Å². The molecule has 3 rings (SSSR count). The molecule has 1 aromatic heterocycles. The Kier molecular flexibility index (Phi) is 6.30. The lowest BCUT2D eigenvalue weighted by Gasteiger charge is -2.15. The number of amides is 1. The van der Waals surface area contributed by atoms with Crippen LogP contribution in [0.3, 0.4) is 0 Å². The van der Waals surface area contributed by atoms with Crippen molar-refractivity contribution in [3.63, 3.8) is 0 Å². The highest BCUT2D eigenvalue weighted by molar-refractivity contribution is 7.94. The molecule has 0 fully saturated rings. The highest BCUT2D eigenvalue weighted by Gasteiger charge is 2.17. The molecule has 7 nitrogen and oxygen atoms in total. The Morgan fingerprint density at radius 3 is 2.27 bits per heavy atom. The van der Waals surface area contributed by atoms with Gasteiger partial charge in [-0.2, -0.15) is 0 Å². The Morgan fingerprint density at radius 2 is 1.67 bits per heavy atom. The highest BCUT2D eigenvalue weighted by Crippen LogP contribution is 2.21. The monoisotopic (exact) mass is 464 g/mol. The Hall–Kier alpha value is -2.69. The molecule has 10 heteroatoms. The predicted molar refractivity (Wildman–Crippen MR) is 117 cm³/mol. The molecule has 1 amide bonds. The molecule has 0 aliphatic heterocycles. The number of carbonyl (C=O) groups is 1. The van der Waals surface area contributed by atoms with E-state index in [2.05, 4.69) is 10.0 Å². The summed E-state index contributed by atoms with van der Waals surface area (Å²) < 4.78 is 50.5. The predicted octanol–water partition coefficient (Wildman–Crippen LogP) is 3.44. The molecule has 30 heavy (non-hydrogen) atoms. The second kappa shape index (κ2) is 8.58. The van der Waals surface area contributed by atoms with E-state index in [0.717, 1.165) is 23.2 Å². The molecule has 0 saturated heterocycles. The molecule has 1 unspecified atom stereocenters. The summed E-state index contributed by atoms with van der Waals surface area (Å²) in [5.74, 6) is -0.383. The standard InChI is InChI=1S/C20H20N2O5S3/c1-14(15-8-10-18(11-9-15)29(2,24)25)21-20(23)16-5-3-6-17(13-16)22-30(26,27)19-7-4-12-28-19/h3-14,22H,1-2H3,(H,21,23).